The average Bonchev–Trinajstić information content (AvgIpc) is 2.83. The summed E-state index contributed by atoms with van der Waals surface area (Å²) in [4.78, 5) is 23.9. The number of rotatable bonds is 5. The van der Waals surface area contributed by atoms with Gasteiger partial charge in [-0.3, -0.25) is 0 Å². The largest absolute Gasteiger partial charge is 0.478 e. The Morgan fingerprint density at radius 3 is 2.57 bits per heavy atom. The van der Waals surface area contributed by atoms with Crippen LogP contribution in [-0.2, 0) is 5.75 Å². The monoisotopic (exact) mass is 308 g/mol. The minimum atomic E-state index is -1.04. The van der Waals surface area contributed by atoms with Gasteiger partial charge in [-0.15, -0.1) is 0 Å². The molecule has 0 unspecified atom stereocenters. The van der Waals surface area contributed by atoms with E-state index in [0.29, 0.717) is 34.0 Å². The van der Waals surface area contributed by atoms with Crippen LogP contribution in [0.5, 0.6) is 0 Å². The third-order valence-corrected chi connectivity index (χ3v) is 3.67. The number of nitrogens with zero attached hydrogens (tertiary/aromatic N) is 4. The third kappa shape index (κ3) is 3.57. The molecule has 7 nitrogen and oxygen atoms in total. The molecule has 0 fully saturated rings. The molecule has 8 heteroatoms. The van der Waals surface area contributed by atoms with Gasteiger partial charge in [-0.2, -0.15) is 4.98 Å². The quantitative estimate of drug-likeness (QED) is 0.664. The molecular weight excluding hydrogens is 292 g/mol. The fourth-order valence-electron chi connectivity index (χ4n) is 1.73. The van der Waals surface area contributed by atoms with Gasteiger partial charge in [0.15, 0.2) is 5.82 Å². The van der Waals surface area contributed by atoms with Gasteiger partial charge < -0.3 is 9.63 Å². The average molecular weight is 308 g/mol. The molecule has 2 aromatic rings. The molecule has 0 radical (unpaired) electrons. The van der Waals surface area contributed by atoms with Gasteiger partial charge in [0.25, 0.3) is 0 Å². The molecule has 0 aromatic carbocycles. The first-order valence-electron chi connectivity index (χ1n) is 6.42. The summed E-state index contributed by atoms with van der Waals surface area (Å²) >= 11 is 1.26. The van der Waals surface area contributed by atoms with E-state index in [4.69, 9.17) is 4.52 Å². The Morgan fingerprint density at radius 1 is 1.29 bits per heavy atom. The summed E-state index contributed by atoms with van der Waals surface area (Å²) in [5.41, 5.74) is 0.576. The van der Waals surface area contributed by atoms with Crippen molar-refractivity contribution in [1.82, 2.24) is 20.1 Å². The van der Waals surface area contributed by atoms with Crippen LogP contribution in [-0.4, -0.2) is 31.2 Å². The van der Waals surface area contributed by atoms with Crippen LogP contribution in [0, 0.1) is 13.8 Å². The van der Waals surface area contributed by atoms with Crippen molar-refractivity contribution in [1.29, 1.82) is 0 Å². The Kier molecular flexibility index (Phi) is 4.56. The van der Waals surface area contributed by atoms with Crippen LogP contribution in [0.4, 0.5) is 0 Å². The lowest BCUT2D eigenvalue weighted by Gasteiger charge is -2.07. The summed E-state index contributed by atoms with van der Waals surface area (Å²) in [5.74, 6) is 1.15. The standard InChI is InChI=1S/C13H16N4O3S/c1-6(2)11-16-9(17-20-11)5-21-12-10(13(18)19)7(3)14-8(4)15-12/h6H,5H2,1-4H3,(H,18,19). The molecular formula is C13H16N4O3S. The van der Waals surface area contributed by atoms with Crippen molar-refractivity contribution in [2.75, 3.05) is 0 Å². The van der Waals surface area contributed by atoms with Gasteiger partial charge in [0.05, 0.1) is 11.4 Å². The molecule has 2 heterocycles. The van der Waals surface area contributed by atoms with E-state index in [1.165, 1.54) is 11.8 Å². The van der Waals surface area contributed by atoms with Gasteiger partial charge in [-0.1, -0.05) is 30.8 Å². The van der Waals surface area contributed by atoms with E-state index in [0.717, 1.165) is 0 Å². The van der Waals surface area contributed by atoms with Crippen LogP contribution in [0.15, 0.2) is 9.55 Å². The normalized spacial score (nSPS) is 11.1. The first-order chi connectivity index (χ1) is 9.88. The Balaban J connectivity index is 2.21. The maximum atomic E-state index is 11.3. The van der Waals surface area contributed by atoms with E-state index in [9.17, 15) is 9.90 Å². The van der Waals surface area contributed by atoms with Crippen molar-refractivity contribution in [3.63, 3.8) is 0 Å². The Labute approximate surface area is 126 Å². The van der Waals surface area contributed by atoms with Crippen molar-refractivity contribution in [3.05, 3.63) is 28.8 Å². The van der Waals surface area contributed by atoms with Gasteiger partial charge in [-0.25, -0.2) is 14.8 Å². The van der Waals surface area contributed by atoms with Crippen LogP contribution < -0.4 is 0 Å². The molecule has 1 N–H and O–H groups in total. The molecule has 2 rings (SSSR count). The Morgan fingerprint density at radius 2 is 2.00 bits per heavy atom. The van der Waals surface area contributed by atoms with Crippen LogP contribution in [0.1, 0.15) is 53.4 Å². The zero-order chi connectivity index (χ0) is 15.6. The van der Waals surface area contributed by atoms with Crippen LogP contribution >= 0.6 is 11.8 Å². The summed E-state index contributed by atoms with van der Waals surface area (Å²) < 4.78 is 5.12. The SMILES string of the molecule is Cc1nc(C)c(C(=O)O)c(SCc2noc(C(C)C)n2)n1. The van der Waals surface area contributed by atoms with E-state index in [1.54, 1.807) is 13.8 Å². The predicted molar refractivity (Wildman–Crippen MR) is 76.4 cm³/mol. The smallest absolute Gasteiger partial charge is 0.340 e. The van der Waals surface area contributed by atoms with Gasteiger partial charge in [-0.05, 0) is 13.8 Å². The number of carbonyl (C=O) groups is 1. The van der Waals surface area contributed by atoms with Crippen molar-refractivity contribution < 1.29 is 14.4 Å². The molecule has 0 saturated heterocycles. The van der Waals surface area contributed by atoms with Crippen molar-refractivity contribution >= 4 is 17.7 Å². The molecule has 0 spiro atoms. The molecule has 0 saturated carbocycles. The molecule has 112 valence electrons. The molecule has 2 aromatic heterocycles. The fourth-order valence-corrected chi connectivity index (χ4v) is 2.68. The maximum Gasteiger partial charge on any atom is 0.340 e. The highest BCUT2D eigenvalue weighted by Crippen LogP contribution is 2.26. The highest BCUT2D eigenvalue weighted by Gasteiger charge is 2.18. The summed E-state index contributed by atoms with van der Waals surface area (Å²) in [5, 5.41) is 13.6. The summed E-state index contributed by atoms with van der Waals surface area (Å²) in [6, 6.07) is 0. The van der Waals surface area contributed by atoms with Crippen LogP contribution in [0.3, 0.4) is 0 Å². The summed E-state index contributed by atoms with van der Waals surface area (Å²) in [7, 11) is 0. The zero-order valence-corrected chi connectivity index (χ0v) is 13.1. The van der Waals surface area contributed by atoms with E-state index in [-0.39, 0.29) is 11.5 Å². The van der Waals surface area contributed by atoms with Crippen LogP contribution in [0.25, 0.3) is 0 Å². The van der Waals surface area contributed by atoms with Crippen molar-refractivity contribution in [3.8, 4) is 0 Å². The molecule has 0 aliphatic carbocycles. The first kappa shape index (κ1) is 15.4. The van der Waals surface area contributed by atoms with Gasteiger partial charge in [0, 0.05) is 5.92 Å². The molecule has 0 bridgehead atoms. The second-order valence-corrected chi connectivity index (χ2v) is 5.80. The van der Waals surface area contributed by atoms with E-state index in [2.05, 4.69) is 20.1 Å². The van der Waals surface area contributed by atoms with Crippen LogP contribution in [0.2, 0.25) is 0 Å². The number of thioether (sulfide) groups is 1. The number of hydrogen-bond donors (Lipinski definition) is 1. The molecule has 0 amide bonds. The number of carboxylic acids is 1. The maximum absolute atomic E-state index is 11.3. The minimum Gasteiger partial charge on any atom is -0.478 e. The summed E-state index contributed by atoms with van der Waals surface area (Å²) in [6.07, 6.45) is 0. The second kappa shape index (κ2) is 6.21. The van der Waals surface area contributed by atoms with Crippen molar-refractivity contribution in [2.24, 2.45) is 0 Å². The zero-order valence-electron chi connectivity index (χ0n) is 12.2. The molecule has 21 heavy (non-hydrogen) atoms. The third-order valence-electron chi connectivity index (χ3n) is 2.70. The van der Waals surface area contributed by atoms with Gasteiger partial charge >= 0.3 is 5.97 Å². The lowest BCUT2D eigenvalue weighted by atomic mass is 10.2. The molecule has 0 aliphatic rings. The van der Waals surface area contributed by atoms with E-state index in [1.807, 2.05) is 13.8 Å². The number of aromatic nitrogens is 4. The van der Waals surface area contributed by atoms with E-state index >= 15 is 0 Å². The highest BCUT2D eigenvalue weighted by molar-refractivity contribution is 7.98. The number of hydrogen-bond acceptors (Lipinski definition) is 7. The molecule has 0 atom stereocenters. The number of aryl methyl sites for hydroxylation is 2. The fraction of sp³-hybridized carbons (Fsp3) is 0.462. The molecule has 0 aliphatic heterocycles. The van der Waals surface area contributed by atoms with E-state index < -0.39 is 5.97 Å². The topological polar surface area (TPSA) is 102 Å². The van der Waals surface area contributed by atoms with Gasteiger partial charge in [0.1, 0.15) is 16.4 Å². The lowest BCUT2D eigenvalue weighted by molar-refractivity contribution is 0.0690. The lowest BCUT2D eigenvalue weighted by Crippen LogP contribution is -2.08. The Hall–Kier alpha value is -1.96. The minimum absolute atomic E-state index is 0.123. The predicted octanol–water partition coefficient (Wildman–Crippen LogP) is 2.59. The first-order valence-corrected chi connectivity index (χ1v) is 7.41. The van der Waals surface area contributed by atoms with Gasteiger partial charge in [0.2, 0.25) is 5.89 Å². The second-order valence-electron chi connectivity index (χ2n) is 4.83. The summed E-state index contributed by atoms with van der Waals surface area (Å²) in [6.45, 7) is 7.32. The number of carboxylic acid groups (broad SMARTS) is 1. The highest BCUT2D eigenvalue weighted by atomic mass is 32.2. The Bertz CT molecular complexity index is 669. The number of aromatic carboxylic acids is 1. The van der Waals surface area contributed by atoms with Crippen molar-refractivity contribution in [2.45, 2.75) is 44.4 Å².